The number of phenols is 2. The van der Waals surface area contributed by atoms with Crippen molar-refractivity contribution in [2.75, 3.05) is 41.0 Å². The van der Waals surface area contributed by atoms with Crippen molar-refractivity contribution >= 4 is 36.2 Å². The minimum atomic E-state index is -0.350. The summed E-state index contributed by atoms with van der Waals surface area (Å²) in [4.78, 5) is 24.5. The lowest BCUT2D eigenvalue weighted by atomic mass is 10.1. The molecule has 4 aromatic rings. The first kappa shape index (κ1) is 56.2. The van der Waals surface area contributed by atoms with Crippen LogP contribution in [0.5, 0.6) is 23.0 Å². The Morgan fingerprint density at radius 1 is 0.515 bits per heavy atom. The first-order valence-corrected chi connectivity index (χ1v) is 24.1. The van der Waals surface area contributed by atoms with E-state index >= 15 is 0 Å². The van der Waals surface area contributed by atoms with E-state index < -0.39 is 0 Å². The number of carbonyl (C=O) groups is 2. The maximum Gasteiger partial charge on any atom is 0.338 e. The summed E-state index contributed by atoms with van der Waals surface area (Å²) < 4.78 is 31.9. The number of hydrogen-bond acceptors (Lipinski definition) is 10. The molecule has 0 radical (unpaired) electrons. The Hall–Kier alpha value is -6.10. The summed E-state index contributed by atoms with van der Waals surface area (Å²) >= 11 is 0. The minimum absolute atomic E-state index is 0.118. The van der Waals surface area contributed by atoms with Gasteiger partial charge in [-0.1, -0.05) is 155 Å². The molecule has 0 aliphatic carbocycles. The molecule has 10 nitrogen and oxygen atoms in total. The van der Waals surface area contributed by atoms with Crippen LogP contribution in [0, 0.1) is 0 Å². The molecular weight excluding hydrogens is 857 g/mol. The molecule has 2 N–H and O–H groups in total. The van der Waals surface area contributed by atoms with E-state index in [0.29, 0.717) is 29.2 Å². The third-order valence-electron chi connectivity index (χ3n) is 10.8. The molecule has 0 aliphatic heterocycles. The van der Waals surface area contributed by atoms with Gasteiger partial charge >= 0.3 is 11.9 Å². The second kappa shape index (κ2) is 34.2. The van der Waals surface area contributed by atoms with E-state index in [1.807, 2.05) is 79.8 Å². The number of hydrogen-bond donors (Lipinski definition) is 2. The number of ether oxygens (including phenoxy) is 6. The zero-order valence-electron chi connectivity index (χ0n) is 41.4. The summed E-state index contributed by atoms with van der Waals surface area (Å²) in [5.74, 6) is 0.228. The normalized spacial score (nSPS) is 11.3. The molecule has 68 heavy (non-hydrogen) atoms. The van der Waals surface area contributed by atoms with Gasteiger partial charge in [-0.15, -0.1) is 0 Å². The van der Waals surface area contributed by atoms with E-state index in [-0.39, 0.29) is 43.6 Å². The Bertz CT molecular complexity index is 2160. The van der Waals surface area contributed by atoms with Crippen molar-refractivity contribution in [2.24, 2.45) is 0 Å². The fraction of sp³-hybridized carbons (Fsp3) is 0.414. The average Bonchev–Trinajstić information content (AvgIpc) is 3.34. The van der Waals surface area contributed by atoms with Crippen LogP contribution in [0.15, 0.2) is 108 Å². The Balaban J connectivity index is 0.000000376. The topological polar surface area (TPSA) is 130 Å². The Morgan fingerprint density at radius 2 is 0.985 bits per heavy atom. The molecule has 0 aromatic heterocycles. The highest BCUT2D eigenvalue weighted by molar-refractivity contribution is 5.90. The number of methoxy groups -OCH3 is 2. The first-order valence-electron chi connectivity index (χ1n) is 24.1. The van der Waals surface area contributed by atoms with Crippen molar-refractivity contribution < 1.29 is 48.2 Å². The van der Waals surface area contributed by atoms with E-state index in [9.17, 15) is 19.8 Å². The molecule has 0 heterocycles. The Kier molecular flexibility index (Phi) is 28.3. The van der Waals surface area contributed by atoms with Crippen LogP contribution in [-0.4, -0.2) is 63.2 Å². The number of esters is 2. The highest BCUT2D eigenvalue weighted by Gasteiger charge is 2.09. The van der Waals surface area contributed by atoms with Crippen molar-refractivity contribution in [3.8, 4) is 23.0 Å². The maximum atomic E-state index is 12.4. The van der Waals surface area contributed by atoms with Gasteiger partial charge in [-0.2, -0.15) is 0 Å². The number of benzene rings is 4. The molecule has 0 aliphatic rings. The van der Waals surface area contributed by atoms with Gasteiger partial charge in [0.05, 0.1) is 17.7 Å². The average molecular weight is 933 g/mol. The molecular formula is C58H76O10. The van der Waals surface area contributed by atoms with E-state index in [2.05, 4.69) is 26.8 Å². The van der Waals surface area contributed by atoms with Gasteiger partial charge < -0.3 is 38.6 Å². The summed E-state index contributed by atoms with van der Waals surface area (Å²) in [5, 5.41) is 18.9. The van der Waals surface area contributed by atoms with E-state index in [4.69, 9.17) is 28.4 Å². The second-order valence-corrected chi connectivity index (χ2v) is 17.0. The molecule has 0 amide bonds. The van der Waals surface area contributed by atoms with Gasteiger partial charge in [-0.05, 0) is 117 Å². The zero-order chi connectivity index (χ0) is 49.2. The quantitative estimate of drug-likeness (QED) is 0.0130. The minimum Gasteiger partial charge on any atom is -0.504 e. The summed E-state index contributed by atoms with van der Waals surface area (Å²) in [5.41, 5.74) is 7.17. The van der Waals surface area contributed by atoms with Crippen LogP contribution in [0.4, 0.5) is 0 Å². The van der Waals surface area contributed by atoms with E-state index in [1.54, 1.807) is 44.6 Å². The zero-order valence-corrected chi connectivity index (χ0v) is 41.4. The molecule has 0 fully saturated rings. The lowest BCUT2D eigenvalue weighted by molar-refractivity contribution is 0.0322. The molecule has 4 rings (SSSR count). The summed E-state index contributed by atoms with van der Waals surface area (Å²) in [7, 11) is 3.13. The number of phenolic OH excluding ortho intramolecular Hbond substituents is 2. The second-order valence-electron chi connectivity index (χ2n) is 17.0. The van der Waals surface area contributed by atoms with Gasteiger partial charge in [0, 0.05) is 14.2 Å². The van der Waals surface area contributed by atoms with Gasteiger partial charge in [-0.3, -0.25) is 0 Å². The van der Waals surface area contributed by atoms with Gasteiger partial charge in [0.25, 0.3) is 0 Å². The molecule has 0 saturated carbocycles. The third kappa shape index (κ3) is 24.1. The van der Waals surface area contributed by atoms with Crippen LogP contribution in [0.3, 0.4) is 0 Å². The number of aromatic hydroxyl groups is 2. The SMILES string of the molecule is CC(C)=CCCC(C)=CCOC(=O)c1ccc(C=Cc2ccc(O)c(O)c2)cc1.CCCCCCCCCCCCCCOC(=O)c1ccc(C=Cc2ccc(OCOC)c(OCOC)c2)cc1. The van der Waals surface area contributed by atoms with E-state index in [0.717, 1.165) is 47.9 Å². The first-order chi connectivity index (χ1) is 33.0. The standard InChI is InChI=1S/C33H48O6.C25H28O4/c1-4-5-6-7-8-9-10-11-12-13-14-15-24-37-33(34)30-21-18-28(19-22-30)16-17-29-20-23-31(38-26-35-2)32(25-29)39-27-36-3;1-18(2)5-4-6-19(3)15-16-29-25(28)22-12-9-20(10-13-22)7-8-21-11-14-23(26)24(27)17-21/h16-23,25H,4-15,24,26-27H2,1-3H3;5,7-15,17,26-27H,4,6,16H2,1-3H3. The van der Waals surface area contributed by atoms with E-state index in [1.165, 1.54) is 87.5 Å². The molecule has 0 bridgehead atoms. The van der Waals surface area contributed by atoms with Crippen LogP contribution in [-0.2, 0) is 18.9 Å². The Morgan fingerprint density at radius 3 is 1.51 bits per heavy atom. The third-order valence-corrected chi connectivity index (χ3v) is 10.8. The van der Waals surface area contributed by atoms with Gasteiger partial charge in [0.15, 0.2) is 36.6 Å². The summed E-state index contributed by atoms with van der Waals surface area (Å²) in [6.45, 7) is 9.47. The monoisotopic (exact) mass is 933 g/mol. The highest BCUT2D eigenvalue weighted by atomic mass is 16.7. The smallest absolute Gasteiger partial charge is 0.338 e. The van der Waals surface area contributed by atoms with Gasteiger partial charge in [0.2, 0.25) is 0 Å². The van der Waals surface area contributed by atoms with Crippen LogP contribution in [0.2, 0.25) is 0 Å². The molecule has 0 atom stereocenters. The van der Waals surface area contributed by atoms with Crippen LogP contribution >= 0.6 is 0 Å². The highest BCUT2D eigenvalue weighted by Crippen LogP contribution is 2.30. The molecule has 0 unspecified atom stereocenters. The predicted octanol–water partition coefficient (Wildman–Crippen LogP) is 14.8. The molecule has 0 saturated heterocycles. The van der Waals surface area contributed by atoms with Crippen molar-refractivity contribution in [1.29, 1.82) is 0 Å². The number of carbonyl (C=O) groups excluding carboxylic acids is 2. The summed E-state index contributed by atoms with van der Waals surface area (Å²) in [6, 6.07) is 24.8. The van der Waals surface area contributed by atoms with Gasteiger partial charge in [-0.25, -0.2) is 9.59 Å². The van der Waals surface area contributed by atoms with Crippen molar-refractivity contribution in [3.05, 3.63) is 142 Å². The predicted molar refractivity (Wildman–Crippen MR) is 276 cm³/mol. The van der Waals surface area contributed by atoms with Gasteiger partial charge in [0.1, 0.15) is 6.61 Å². The molecule has 368 valence electrons. The molecule has 0 spiro atoms. The molecule has 4 aromatic carbocycles. The lowest BCUT2D eigenvalue weighted by Crippen LogP contribution is -2.06. The number of allylic oxidation sites excluding steroid dienone is 3. The summed E-state index contributed by atoms with van der Waals surface area (Å²) in [6.07, 6.45) is 29.2. The molecule has 10 heteroatoms. The van der Waals surface area contributed by atoms with Crippen LogP contribution < -0.4 is 9.47 Å². The fourth-order valence-electron chi connectivity index (χ4n) is 6.82. The number of rotatable bonds is 30. The Labute approximate surface area is 406 Å². The maximum absolute atomic E-state index is 12.4. The van der Waals surface area contributed by atoms with Crippen LogP contribution in [0.25, 0.3) is 24.3 Å². The van der Waals surface area contributed by atoms with Crippen molar-refractivity contribution in [3.63, 3.8) is 0 Å². The fourth-order valence-corrected chi connectivity index (χ4v) is 6.82. The van der Waals surface area contributed by atoms with Crippen LogP contribution in [0.1, 0.15) is 161 Å². The number of unbranched alkanes of at least 4 members (excludes halogenated alkanes) is 11. The van der Waals surface area contributed by atoms with Crippen molar-refractivity contribution in [2.45, 2.75) is 118 Å². The largest absolute Gasteiger partial charge is 0.504 e. The lowest BCUT2D eigenvalue weighted by Gasteiger charge is -2.12. The van der Waals surface area contributed by atoms with Crippen molar-refractivity contribution in [1.82, 2.24) is 0 Å².